The normalized spacial score (nSPS) is 11.4. The molecule has 1 unspecified atom stereocenters. The monoisotopic (exact) mass is 396 g/mol. The Labute approximate surface area is 161 Å². The van der Waals surface area contributed by atoms with E-state index < -0.39 is 12.2 Å². The number of hydrogen-bond acceptors (Lipinski definition) is 4. The van der Waals surface area contributed by atoms with Gasteiger partial charge in [0.2, 0.25) is 0 Å². The van der Waals surface area contributed by atoms with Crippen molar-refractivity contribution >= 4 is 46.6 Å². The lowest BCUT2D eigenvalue weighted by Gasteiger charge is -2.16. The molecule has 2 amide bonds. The van der Waals surface area contributed by atoms with Gasteiger partial charge in [0, 0.05) is 16.4 Å². The van der Waals surface area contributed by atoms with Crippen molar-refractivity contribution in [2.24, 2.45) is 0 Å². The maximum atomic E-state index is 12.2. The quantitative estimate of drug-likeness (QED) is 0.722. The van der Waals surface area contributed by atoms with Gasteiger partial charge in [-0.2, -0.15) is 0 Å². The fourth-order valence-corrected chi connectivity index (χ4v) is 2.43. The Bertz CT molecular complexity index is 781. The molecule has 0 aromatic heterocycles. The number of anilines is 2. The van der Waals surface area contributed by atoms with Crippen molar-refractivity contribution in [1.29, 1.82) is 0 Å². The third-order valence-electron chi connectivity index (χ3n) is 3.24. The molecule has 0 heterocycles. The predicted molar refractivity (Wildman–Crippen MR) is 102 cm³/mol. The van der Waals surface area contributed by atoms with E-state index in [9.17, 15) is 9.59 Å². The molecule has 2 rings (SSSR count). The summed E-state index contributed by atoms with van der Waals surface area (Å²) < 4.78 is 10.4. The summed E-state index contributed by atoms with van der Waals surface area (Å²) in [5, 5.41) is 6.09. The molecular formula is C18H18Cl2N2O4. The lowest BCUT2D eigenvalue weighted by molar-refractivity contribution is -0.122. The number of benzene rings is 2. The summed E-state index contributed by atoms with van der Waals surface area (Å²) in [6.07, 6.45) is -1.31. The molecule has 6 nitrogen and oxygen atoms in total. The highest BCUT2D eigenvalue weighted by Crippen LogP contribution is 2.28. The molecule has 0 aliphatic rings. The summed E-state index contributed by atoms with van der Waals surface area (Å²) in [5.41, 5.74) is 1.11. The number of amides is 2. The van der Waals surface area contributed by atoms with E-state index >= 15 is 0 Å². The van der Waals surface area contributed by atoms with Gasteiger partial charge in [-0.3, -0.25) is 10.1 Å². The van der Waals surface area contributed by atoms with Crippen molar-refractivity contribution in [2.75, 3.05) is 17.2 Å². The standard InChI is InChI=1S/C18H18Cl2N2O4/c1-3-25-18(24)22-14-7-5-13(6-8-14)21-17(23)11(2)26-16-9-4-12(19)10-15(16)20/h4-11H,3H2,1-2H3,(H,21,23)(H,22,24). The number of nitrogens with one attached hydrogen (secondary N) is 2. The van der Waals surface area contributed by atoms with Crippen LogP contribution in [0, 0.1) is 0 Å². The largest absolute Gasteiger partial charge is 0.479 e. The first-order valence-electron chi connectivity index (χ1n) is 7.85. The van der Waals surface area contributed by atoms with Gasteiger partial charge < -0.3 is 14.8 Å². The highest BCUT2D eigenvalue weighted by molar-refractivity contribution is 6.35. The Morgan fingerprint density at radius 2 is 1.65 bits per heavy atom. The Morgan fingerprint density at radius 3 is 2.23 bits per heavy atom. The van der Waals surface area contributed by atoms with Gasteiger partial charge in [0.15, 0.2) is 6.10 Å². The minimum absolute atomic E-state index is 0.287. The molecule has 0 saturated heterocycles. The van der Waals surface area contributed by atoms with Crippen LogP contribution in [0.5, 0.6) is 5.75 Å². The van der Waals surface area contributed by atoms with Gasteiger partial charge in [-0.15, -0.1) is 0 Å². The van der Waals surface area contributed by atoms with Gasteiger partial charge in [-0.25, -0.2) is 4.79 Å². The first-order chi connectivity index (χ1) is 12.4. The molecule has 2 aromatic carbocycles. The van der Waals surface area contributed by atoms with Crippen LogP contribution in [0.1, 0.15) is 13.8 Å². The average molecular weight is 397 g/mol. The lowest BCUT2D eigenvalue weighted by atomic mass is 10.2. The van der Waals surface area contributed by atoms with Crippen molar-refractivity contribution in [3.63, 3.8) is 0 Å². The van der Waals surface area contributed by atoms with Crippen molar-refractivity contribution in [2.45, 2.75) is 20.0 Å². The second-order valence-electron chi connectivity index (χ2n) is 5.25. The van der Waals surface area contributed by atoms with E-state index in [0.717, 1.165) is 0 Å². The number of carbonyl (C=O) groups is 2. The molecule has 0 spiro atoms. The molecule has 0 fully saturated rings. The van der Waals surface area contributed by atoms with Crippen molar-refractivity contribution in [1.82, 2.24) is 0 Å². The van der Waals surface area contributed by atoms with E-state index in [0.29, 0.717) is 27.2 Å². The SMILES string of the molecule is CCOC(=O)Nc1ccc(NC(=O)C(C)Oc2ccc(Cl)cc2Cl)cc1. The number of carbonyl (C=O) groups excluding carboxylic acids is 2. The number of ether oxygens (including phenoxy) is 2. The zero-order valence-corrected chi connectivity index (χ0v) is 15.7. The van der Waals surface area contributed by atoms with Gasteiger partial charge in [-0.05, 0) is 56.3 Å². The molecule has 0 aliphatic carbocycles. The van der Waals surface area contributed by atoms with Crippen LogP contribution >= 0.6 is 23.2 Å². The number of hydrogen-bond donors (Lipinski definition) is 2. The van der Waals surface area contributed by atoms with Crippen LogP contribution in [-0.4, -0.2) is 24.7 Å². The van der Waals surface area contributed by atoms with Crippen LogP contribution in [0.3, 0.4) is 0 Å². The van der Waals surface area contributed by atoms with Gasteiger partial charge in [0.25, 0.3) is 5.91 Å². The summed E-state index contributed by atoms with van der Waals surface area (Å²) >= 11 is 11.9. The molecule has 8 heteroatoms. The van der Waals surface area contributed by atoms with Gasteiger partial charge >= 0.3 is 6.09 Å². The third-order valence-corrected chi connectivity index (χ3v) is 3.77. The van der Waals surface area contributed by atoms with Crippen LogP contribution < -0.4 is 15.4 Å². The second-order valence-corrected chi connectivity index (χ2v) is 6.09. The highest BCUT2D eigenvalue weighted by Gasteiger charge is 2.16. The average Bonchev–Trinajstić information content (AvgIpc) is 2.59. The van der Waals surface area contributed by atoms with E-state index in [1.54, 1.807) is 56.3 Å². The number of rotatable bonds is 6. The minimum Gasteiger partial charge on any atom is -0.479 e. The molecule has 138 valence electrons. The zero-order valence-electron chi connectivity index (χ0n) is 14.2. The van der Waals surface area contributed by atoms with E-state index in [1.165, 1.54) is 0 Å². The molecule has 0 aliphatic heterocycles. The van der Waals surface area contributed by atoms with Gasteiger partial charge in [0.1, 0.15) is 5.75 Å². The molecule has 0 radical (unpaired) electrons. The summed E-state index contributed by atoms with van der Waals surface area (Å²) in [4.78, 5) is 23.6. The first-order valence-corrected chi connectivity index (χ1v) is 8.61. The summed E-state index contributed by atoms with van der Waals surface area (Å²) in [6, 6.07) is 11.4. The summed E-state index contributed by atoms with van der Waals surface area (Å²) in [5.74, 6) is 0.0230. The topological polar surface area (TPSA) is 76.7 Å². The molecule has 2 aromatic rings. The molecule has 0 saturated carbocycles. The van der Waals surface area contributed by atoms with Crippen molar-refractivity contribution < 1.29 is 19.1 Å². The highest BCUT2D eigenvalue weighted by atomic mass is 35.5. The molecule has 0 bridgehead atoms. The maximum Gasteiger partial charge on any atom is 0.411 e. The van der Waals surface area contributed by atoms with Crippen LogP contribution in [0.2, 0.25) is 10.0 Å². The molecule has 2 N–H and O–H groups in total. The Balaban J connectivity index is 1.92. The Morgan fingerprint density at radius 1 is 1.04 bits per heavy atom. The molecule has 1 atom stereocenters. The van der Waals surface area contributed by atoms with E-state index in [2.05, 4.69) is 10.6 Å². The molecular weight excluding hydrogens is 379 g/mol. The van der Waals surface area contributed by atoms with E-state index in [1.807, 2.05) is 0 Å². The van der Waals surface area contributed by atoms with Crippen molar-refractivity contribution in [3.05, 3.63) is 52.5 Å². The minimum atomic E-state index is -0.772. The van der Waals surface area contributed by atoms with Crippen LogP contribution in [0.4, 0.5) is 16.2 Å². The fourth-order valence-electron chi connectivity index (χ4n) is 1.98. The van der Waals surface area contributed by atoms with Crippen molar-refractivity contribution in [3.8, 4) is 5.75 Å². The summed E-state index contributed by atoms with van der Waals surface area (Å²) in [7, 11) is 0. The van der Waals surface area contributed by atoms with Crippen LogP contribution in [-0.2, 0) is 9.53 Å². The van der Waals surface area contributed by atoms with Gasteiger partial charge in [0.05, 0.1) is 11.6 Å². The fraction of sp³-hybridized carbons (Fsp3) is 0.222. The van der Waals surface area contributed by atoms with Crippen LogP contribution in [0.25, 0.3) is 0 Å². The number of halogens is 2. The Kier molecular flexibility index (Phi) is 7.12. The van der Waals surface area contributed by atoms with Crippen LogP contribution in [0.15, 0.2) is 42.5 Å². The van der Waals surface area contributed by atoms with E-state index in [4.69, 9.17) is 32.7 Å². The zero-order chi connectivity index (χ0) is 19.1. The maximum absolute atomic E-state index is 12.2. The molecule has 26 heavy (non-hydrogen) atoms. The lowest BCUT2D eigenvalue weighted by Crippen LogP contribution is -2.30. The third kappa shape index (κ3) is 5.82. The summed E-state index contributed by atoms with van der Waals surface area (Å²) in [6.45, 7) is 3.62. The predicted octanol–water partition coefficient (Wildman–Crippen LogP) is 4.97. The smallest absolute Gasteiger partial charge is 0.411 e. The first kappa shape index (κ1) is 19.9. The van der Waals surface area contributed by atoms with Gasteiger partial charge in [-0.1, -0.05) is 23.2 Å². The van der Waals surface area contributed by atoms with E-state index in [-0.39, 0.29) is 12.5 Å². The second kappa shape index (κ2) is 9.31. The Hall–Kier alpha value is -2.44.